The molecule has 2 aromatic carbocycles. The molecule has 0 unspecified atom stereocenters. The highest BCUT2D eigenvalue weighted by atomic mass is 35.5. The van der Waals surface area contributed by atoms with Crippen molar-refractivity contribution in [1.29, 1.82) is 0 Å². The highest BCUT2D eigenvalue weighted by molar-refractivity contribution is 6.34. The number of esters is 1. The van der Waals surface area contributed by atoms with Crippen LogP contribution in [0.1, 0.15) is 10.4 Å². The van der Waals surface area contributed by atoms with E-state index in [4.69, 9.17) is 27.9 Å². The third-order valence-electron chi connectivity index (χ3n) is 2.13. The second kappa shape index (κ2) is 5.21. The molecule has 86 valence electrons. The van der Waals surface area contributed by atoms with Gasteiger partial charge in [0.05, 0.1) is 15.6 Å². The molecule has 0 N–H and O–H groups in total. The Hall–Kier alpha value is -1.51. The van der Waals surface area contributed by atoms with Crippen molar-refractivity contribution in [2.24, 2.45) is 0 Å². The van der Waals surface area contributed by atoms with E-state index in [-0.39, 0.29) is 0 Å². The van der Waals surface area contributed by atoms with E-state index < -0.39 is 5.97 Å². The van der Waals surface area contributed by atoms with E-state index in [1.807, 2.05) is 0 Å². The lowest BCUT2D eigenvalue weighted by Crippen LogP contribution is -2.09. The predicted molar refractivity (Wildman–Crippen MR) is 67.9 cm³/mol. The van der Waals surface area contributed by atoms with Gasteiger partial charge < -0.3 is 4.74 Å². The molecule has 0 saturated carbocycles. The number of para-hydroxylation sites is 1. The summed E-state index contributed by atoms with van der Waals surface area (Å²) in [5.41, 5.74) is 0.314. The van der Waals surface area contributed by atoms with Crippen molar-refractivity contribution < 1.29 is 9.53 Å². The SMILES string of the molecule is O=C(Oc1ccccc1Cl)c1ccccc1Cl. The molecule has 0 radical (unpaired) electrons. The van der Waals surface area contributed by atoms with Gasteiger partial charge in [-0.05, 0) is 24.3 Å². The highest BCUT2D eigenvalue weighted by Crippen LogP contribution is 2.25. The summed E-state index contributed by atoms with van der Waals surface area (Å²) in [7, 11) is 0. The van der Waals surface area contributed by atoms with Crippen molar-refractivity contribution in [2.45, 2.75) is 0 Å². The lowest BCUT2D eigenvalue weighted by atomic mass is 10.2. The number of hydrogen-bond acceptors (Lipinski definition) is 2. The number of hydrogen-bond donors (Lipinski definition) is 0. The van der Waals surface area contributed by atoms with Gasteiger partial charge in [-0.3, -0.25) is 0 Å². The standard InChI is InChI=1S/C13H8Cl2O2/c14-10-6-2-1-5-9(10)13(16)17-12-8-4-3-7-11(12)15/h1-8H. The van der Waals surface area contributed by atoms with E-state index in [0.29, 0.717) is 21.4 Å². The smallest absolute Gasteiger partial charge is 0.345 e. The maximum Gasteiger partial charge on any atom is 0.345 e. The first-order chi connectivity index (χ1) is 8.18. The molecule has 17 heavy (non-hydrogen) atoms. The normalized spacial score (nSPS) is 10.0. The summed E-state index contributed by atoms with van der Waals surface area (Å²) in [6, 6.07) is 13.5. The molecule has 2 aromatic rings. The predicted octanol–water partition coefficient (Wildman–Crippen LogP) is 4.21. The Labute approximate surface area is 109 Å². The number of carbonyl (C=O) groups excluding carboxylic acids is 1. The molecule has 0 heterocycles. The van der Waals surface area contributed by atoms with E-state index in [9.17, 15) is 4.79 Å². The molecule has 0 aliphatic carbocycles. The first kappa shape index (κ1) is 12.0. The Balaban J connectivity index is 2.24. The van der Waals surface area contributed by atoms with E-state index in [1.54, 1.807) is 48.5 Å². The fraction of sp³-hybridized carbons (Fsp3) is 0. The van der Waals surface area contributed by atoms with Gasteiger partial charge in [0.25, 0.3) is 0 Å². The number of halogens is 2. The maximum atomic E-state index is 11.8. The Kier molecular flexibility index (Phi) is 3.67. The van der Waals surface area contributed by atoms with Crippen LogP contribution >= 0.6 is 23.2 Å². The van der Waals surface area contributed by atoms with Gasteiger partial charge in [-0.25, -0.2) is 4.79 Å². The molecule has 0 spiro atoms. The van der Waals surface area contributed by atoms with Crippen LogP contribution in [0.2, 0.25) is 10.0 Å². The molecule has 0 aliphatic rings. The zero-order valence-electron chi connectivity index (χ0n) is 8.69. The Morgan fingerprint density at radius 2 is 1.47 bits per heavy atom. The topological polar surface area (TPSA) is 26.3 Å². The summed E-state index contributed by atoms with van der Waals surface area (Å²) in [4.78, 5) is 11.8. The Bertz CT molecular complexity index is 553. The first-order valence-corrected chi connectivity index (χ1v) is 5.65. The van der Waals surface area contributed by atoms with Crippen LogP contribution in [0.25, 0.3) is 0 Å². The van der Waals surface area contributed by atoms with Gasteiger partial charge in [0, 0.05) is 0 Å². The fourth-order valence-corrected chi connectivity index (χ4v) is 1.70. The number of rotatable bonds is 2. The van der Waals surface area contributed by atoms with Gasteiger partial charge in [0.15, 0.2) is 0 Å². The molecular formula is C13H8Cl2O2. The lowest BCUT2D eigenvalue weighted by Gasteiger charge is -2.06. The number of carbonyl (C=O) groups is 1. The van der Waals surface area contributed by atoms with E-state index in [2.05, 4.69) is 0 Å². The van der Waals surface area contributed by atoms with E-state index in [0.717, 1.165) is 0 Å². The molecule has 0 saturated heterocycles. The zero-order valence-corrected chi connectivity index (χ0v) is 10.2. The largest absolute Gasteiger partial charge is 0.421 e. The van der Waals surface area contributed by atoms with Crippen LogP contribution in [-0.4, -0.2) is 5.97 Å². The minimum atomic E-state index is -0.524. The summed E-state index contributed by atoms with van der Waals surface area (Å²) >= 11 is 11.8. The molecule has 2 nitrogen and oxygen atoms in total. The fourth-order valence-electron chi connectivity index (χ4n) is 1.31. The minimum Gasteiger partial charge on any atom is -0.421 e. The molecule has 2 rings (SSSR count). The summed E-state index contributed by atoms with van der Waals surface area (Å²) in [5, 5.41) is 0.734. The average molecular weight is 267 g/mol. The Morgan fingerprint density at radius 3 is 2.12 bits per heavy atom. The third kappa shape index (κ3) is 2.78. The molecule has 0 amide bonds. The van der Waals surface area contributed by atoms with Gasteiger partial charge in [0.2, 0.25) is 0 Å². The monoisotopic (exact) mass is 266 g/mol. The van der Waals surface area contributed by atoms with Crippen LogP contribution in [0.4, 0.5) is 0 Å². The molecular weight excluding hydrogens is 259 g/mol. The maximum absolute atomic E-state index is 11.8. The second-order valence-corrected chi connectivity index (χ2v) is 4.11. The van der Waals surface area contributed by atoms with Crippen molar-refractivity contribution >= 4 is 29.2 Å². The van der Waals surface area contributed by atoms with Gasteiger partial charge in [-0.2, -0.15) is 0 Å². The third-order valence-corrected chi connectivity index (χ3v) is 2.77. The second-order valence-electron chi connectivity index (χ2n) is 3.30. The summed E-state index contributed by atoms with van der Waals surface area (Å²) in [5.74, 6) is -0.206. The summed E-state index contributed by atoms with van der Waals surface area (Å²) < 4.78 is 5.16. The van der Waals surface area contributed by atoms with Crippen molar-refractivity contribution in [3.8, 4) is 5.75 Å². The zero-order chi connectivity index (χ0) is 12.3. The van der Waals surface area contributed by atoms with Crippen LogP contribution in [0.3, 0.4) is 0 Å². The average Bonchev–Trinajstić information content (AvgIpc) is 2.32. The quantitative estimate of drug-likeness (QED) is 0.601. The van der Waals surface area contributed by atoms with Gasteiger partial charge in [-0.15, -0.1) is 0 Å². The van der Waals surface area contributed by atoms with Crippen LogP contribution in [0.15, 0.2) is 48.5 Å². The number of benzene rings is 2. The first-order valence-electron chi connectivity index (χ1n) is 4.90. The summed E-state index contributed by atoms with van der Waals surface area (Å²) in [6.07, 6.45) is 0. The van der Waals surface area contributed by atoms with Crippen LogP contribution < -0.4 is 4.74 Å². The van der Waals surface area contributed by atoms with Gasteiger partial charge in [0.1, 0.15) is 5.75 Å². The minimum absolute atomic E-state index is 0.314. The summed E-state index contributed by atoms with van der Waals surface area (Å²) in [6.45, 7) is 0. The van der Waals surface area contributed by atoms with Crippen LogP contribution in [-0.2, 0) is 0 Å². The molecule has 0 aromatic heterocycles. The van der Waals surface area contributed by atoms with E-state index >= 15 is 0 Å². The van der Waals surface area contributed by atoms with Crippen LogP contribution in [0, 0.1) is 0 Å². The van der Waals surface area contributed by atoms with Gasteiger partial charge in [-0.1, -0.05) is 47.5 Å². The lowest BCUT2D eigenvalue weighted by molar-refractivity contribution is 0.0735. The van der Waals surface area contributed by atoms with E-state index in [1.165, 1.54) is 0 Å². The van der Waals surface area contributed by atoms with Crippen LogP contribution in [0.5, 0.6) is 5.75 Å². The molecule has 0 aliphatic heterocycles. The highest BCUT2D eigenvalue weighted by Gasteiger charge is 2.13. The molecule has 0 bridgehead atoms. The molecule has 0 fully saturated rings. The number of ether oxygens (including phenoxy) is 1. The van der Waals surface area contributed by atoms with Crippen molar-refractivity contribution in [3.63, 3.8) is 0 Å². The van der Waals surface area contributed by atoms with Crippen molar-refractivity contribution in [1.82, 2.24) is 0 Å². The van der Waals surface area contributed by atoms with Crippen molar-refractivity contribution in [3.05, 3.63) is 64.1 Å². The van der Waals surface area contributed by atoms with Crippen molar-refractivity contribution in [2.75, 3.05) is 0 Å². The molecule has 4 heteroatoms. The Morgan fingerprint density at radius 1 is 0.882 bits per heavy atom. The van der Waals surface area contributed by atoms with Gasteiger partial charge >= 0.3 is 5.97 Å². The molecule has 0 atom stereocenters.